The lowest BCUT2D eigenvalue weighted by Crippen LogP contribution is -2.41. The molecule has 0 saturated heterocycles. The third-order valence-electron chi connectivity index (χ3n) is 2.76. The Hall–Kier alpha value is -1.35. The highest BCUT2D eigenvalue weighted by Crippen LogP contribution is 2.26. The fourth-order valence-electron chi connectivity index (χ4n) is 1.87. The third-order valence-corrected chi connectivity index (χ3v) is 2.76. The van der Waals surface area contributed by atoms with E-state index in [-0.39, 0.29) is 5.78 Å². The van der Waals surface area contributed by atoms with E-state index in [9.17, 15) is 4.79 Å². The minimum absolute atomic E-state index is 0.0270. The number of rotatable bonds is 2. The van der Waals surface area contributed by atoms with Gasteiger partial charge in [-0.15, -0.1) is 0 Å². The number of nitrogens with two attached hydrogens (primary N) is 1. The van der Waals surface area contributed by atoms with Crippen LogP contribution in [-0.2, 0) is 6.42 Å². The van der Waals surface area contributed by atoms with Crippen LogP contribution in [-0.4, -0.2) is 17.9 Å². The van der Waals surface area contributed by atoms with Crippen molar-refractivity contribution < 1.29 is 9.53 Å². The van der Waals surface area contributed by atoms with Crippen molar-refractivity contribution in [1.82, 2.24) is 0 Å². The Morgan fingerprint density at radius 3 is 2.88 bits per heavy atom. The number of hydrogen-bond acceptors (Lipinski definition) is 3. The molecule has 0 bridgehead atoms. The van der Waals surface area contributed by atoms with Gasteiger partial charge in [-0.2, -0.15) is 0 Å². The van der Waals surface area contributed by atoms with Gasteiger partial charge in [0.25, 0.3) is 0 Å². The first kappa shape index (κ1) is 11.1. The summed E-state index contributed by atoms with van der Waals surface area (Å²) in [5.41, 5.74) is 6.78. The number of ketones is 1. The first-order chi connectivity index (χ1) is 7.48. The minimum atomic E-state index is -0.816. The summed E-state index contributed by atoms with van der Waals surface area (Å²) in [6.07, 6.45) is 1.98. The molecule has 0 unspecified atom stereocenters. The van der Waals surface area contributed by atoms with Crippen LogP contribution in [0.3, 0.4) is 0 Å². The Balaban J connectivity index is 2.34. The molecule has 0 aliphatic carbocycles. The molecule has 3 heteroatoms. The monoisotopic (exact) mass is 219 g/mol. The molecule has 1 aliphatic rings. The Morgan fingerprint density at radius 2 is 2.19 bits per heavy atom. The summed E-state index contributed by atoms with van der Waals surface area (Å²) in [6.45, 7) is 4.22. The number of fused-ring (bicyclic) bond motifs is 1. The van der Waals surface area contributed by atoms with Crippen LogP contribution in [0.2, 0.25) is 0 Å². The van der Waals surface area contributed by atoms with E-state index >= 15 is 0 Å². The van der Waals surface area contributed by atoms with Crippen molar-refractivity contribution in [3.63, 3.8) is 0 Å². The van der Waals surface area contributed by atoms with Crippen LogP contribution in [0.5, 0.6) is 5.75 Å². The molecule has 0 saturated carbocycles. The Kier molecular flexibility index (Phi) is 2.72. The molecular formula is C13H17NO2. The average molecular weight is 219 g/mol. The average Bonchev–Trinajstić information content (AvgIpc) is 2.26. The summed E-state index contributed by atoms with van der Waals surface area (Å²) in [5.74, 6) is 0.874. The van der Waals surface area contributed by atoms with E-state index in [0.29, 0.717) is 5.56 Å². The molecule has 0 aromatic heterocycles. The van der Waals surface area contributed by atoms with E-state index < -0.39 is 5.54 Å². The second-order valence-electron chi connectivity index (χ2n) is 4.83. The third kappa shape index (κ3) is 2.09. The van der Waals surface area contributed by atoms with Crippen molar-refractivity contribution in [2.75, 3.05) is 6.61 Å². The van der Waals surface area contributed by atoms with Crippen molar-refractivity contribution in [2.24, 2.45) is 5.73 Å². The summed E-state index contributed by atoms with van der Waals surface area (Å²) in [4.78, 5) is 12.0. The van der Waals surface area contributed by atoms with Gasteiger partial charge in [0.05, 0.1) is 12.1 Å². The smallest absolute Gasteiger partial charge is 0.182 e. The lowest BCUT2D eigenvalue weighted by molar-refractivity contribution is 0.0913. The summed E-state index contributed by atoms with van der Waals surface area (Å²) in [7, 11) is 0. The largest absolute Gasteiger partial charge is 0.493 e. The fraction of sp³-hybridized carbons (Fsp3) is 0.462. The maximum atomic E-state index is 12.0. The number of carbonyl (C=O) groups excluding carboxylic acids is 1. The van der Waals surface area contributed by atoms with Crippen LogP contribution in [0.4, 0.5) is 0 Å². The maximum Gasteiger partial charge on any atom is 0.182 e. The zero-order valence-corrected chi connectivity index (χ0v) is 9.75. The molecule has 0 amide bonds. The molecule has 0 fully saturated rings. The number of hydrogen-bond donors (Lipinski definition) is 1. The molecule has 0 spiro atoms. The van der Waals surface area contributed by atoms with Crippen LogP contribution in [0, 0.1) is 0 Å². The van der Waals surface area contributed by atoms with Crippen LogP contribution < -0.4 is 10.5 Å². The van der Waals surface area contributed by atoms with Gasteiger partial charge in [0.1, 0.15) is 5.75 Å². The molecule has 2 rings (SSSR count). The van der Waals surface area contributed by atoms with E-state index in [1.54, 1.807) is 19.9 Å². The molecule has 1 aromatic rings. The maximum absolute atomic E-state index is 12.0. The van der Waals surface area contributed by atoms with E-state index in [0.717, 1.165) is 30.8 Å². The quantitative estimate of drug-likeness (QED) is 0.773. The van der Waals surface area contributed by atoms with Crippen LogP contribution in [0.15, 0.2) is 18.2 Å². The van der Waals surface area contributed by atoms with E-state index in [2.05, 4.69) is 0 Å². The van der Waals surface area contributed by atoms with Gasteiger partial charge in [-0.3, -0.25) is 4.79 Å². The van der Waals surface area contributed by atoms with Crippen molar-refractivity contribution >= 4 is 5.78 Å². The zero-order valence-electron chi connectivity index (χ0n) is 9.75. The Bertz CT molecular complexity index is 418. The predicted molar refractivity (Wildman–Crippen MR) is 62.9 cm³/mol. The molecule has 0 atom stereocenters. The summed E-state index contributed by atoms with van der Waals surface area (Å²) >= 11 is 0. The van der Waals surface area contributed by atoms with Crippen LogP contribution in [0.1, 0.15) is 36.2 Å². The number of aryl methyl sites for hydroxylation is 1. The summed E-state index contributed by atoms with van der Waals surface area (Å²) in [5, 5.41) is 0. The highest BCUT2D eigenvalue weighted by atomic mass is 16.5. The van der Waals surface area contributed by atoms with Crippen molar-refractivity contribution in [3.8, 4) is 5.75 Å². The first-order valence-corrected chi connectivity index (χ1v) is 5.58. The van der Waals surface area contributed by atoms with Gasteiger partial charge < -0.3 is 10.5 Å². The lowest BCUT2D eigenvalue weighted by atomic mass is 9.92. The normalized spacial score (nSPS) is 15.2. The number of ether oxygens (including phenoxy) is 1. The van der Waals surface area contributed by atoms with Gasteiger partial charge in [0, 0.05) is 5.56 Å². The minimum Gasteiger partial charge on any atom is -0.493 e. The van der Waals surface area contributed by atoms with Gasteiger partial charge in [0.2, 0.25) is 0 Å². The van der Waals surface area contributed by atoms with Gasteiger partial charge in [-0.05, 0) is 50.5 Å². The van der Waals surface area contributed by atoms with Crippen LogP contribution >= 0.6 is 0 Å². The van der Waals surface area contributed by atoms with E-state index in [1.165, 1.54) is 0 Å². The van der Waals surface area contributed by atoms with Crippen molar-refractivity contribution in [1.29, 1.82) is 0 Å². The van der Waals surface area contributed by atoms with Crippen LogP contribution in [0.25, 0.3) is 0 Å². The number of carbonyl (C=O) groups is 1. The molecule has 1 heterocycles. The Labute approximate surface area is 95.6 Å². The highest BCUT2D eigenvalue weighted by Gasteiger charge is 2.24. The molecule has 16 heavy (non-hydrogen) atoms. The van der Waals surface area contributed by atoms with E-state index in [1.807, 2.05) is 12.1 Å². The Morgan fingerprint density at radius 1 is 1.44 bits per heavy atom. The lowest BCUT2D eigenvalue weighted by Gasteiger charge is -2.20. The molecule has 2 N–H and O–H groups in total. The number of benzene rings is 1. The predicted octanol–water partition coefficient (Wildman–Crippen LogP) is 1.93. The summed E-state index contributed by atoms with van der Waals surface area (Å²) in [6, 6.07) is 5.57. The second-order valence-corrected chi connectivity index (χ2v) is 4.83. The zero-order chi connectivity index (χ0) is 11.8. The van der Waals surface area contributed by atoms with Crippen molar-refractivity contribution in [2.45, 2.75) is 32.2 Å². The van der Waals surface area contributed by atoms with Gasteiger partial charge in [-0.25, -0.2) is 0 Å². The van der Waals surface area contributed by atoms with Gasteiger partial charge in [0.15, 0.2) is 5.78 Å². The standard InChI is InChI=1S/C13H17NO2/c1-13(2,14)12(15)10-5-6-11-9(8-10)4-3-7-16-11/h5-6,8H,3-4,7,14H2,1-2H3. The van der Waals surface area contributed by atoms with Gasteiger partial charge >= 0.3 is 0 Å². The van der Waals surface area contributed by atoms with Crippen molar-refractivity contribution in [3.05, 3.63) is 29.3 Å². The highest BCUT2D eigenvalue weighted by molar-refractivity contribution is 6.02. The first-order valence-electron chi connectivity index (χ1n) is 5.58. The molecule has 86 valence electrons. The molecular weight excluding hydrogens is 202 g/mol. The molecule has 1 aliphatic heterocycles. The van der Waals surface area contributed by atoms with Gasteiger partial charge in [-0.1, -0.05) is 0 Å². The number of Topliss-reactive ketones (excluding diaryl/α,β-unsaturated/α-hetero) is 1. The fourth-order valence-corrected chi connectivity index (χ4v) is 1.87. The van der Waals surface area contributed by atoms with E-state index in [4.69, 9.17) is 10.5 Å². The topological polar surface area (TPSA) is 52.3 Å². The molecule has 3 nitrogen and oxygen atoms in total. The molecule has 0 radical (unpaired) electrons. The second kappa shape index (κ2) is 3.91. The summed E-state index contributed by atoms with van der Waals surface area (Å²) < 4.78 is 5.50. The SMILES string of the molecule is CC(C)(N)C(=O)c1ccc2c(c1)CCCO2. The molecule has 1 aromatic carbocycles.